The highest BCUT2D eigenvalue weighted by molar-refractivity contribution is 7.11. The topological polar surface area (TPSA) is 52.6 Å². The average molecular weight is 364 g/mol. The van der Waals surface area contributed by atoms with E-state index in [0.717, 1.165) is 29.2 Å². The number of guanidine groups is 1. The zero-order chi connectivity index (χ0) is 17.6. The SMILES string of the molecule is CN=C(NCc1sc(C)nc1C)NC1CCN(C2CCCCC2)CC1. The molecule has 0 bridgehead atoms. The van der Waals surface area contributed by atoms with E-state index in [0.29, 0.717) is 6.04 Å². The first-order valence-corrected chi connectivity index (χ1v) is 10.6. The number of likely N-dealkylation sites (tertiary alicyclic amines) is 1. The fourth-order valence-electron chi connectivity index (χ4n) is 4.14. The Hall–Kier alpha value is -1.14. The number of hydrogen-bond acceptors (Lipinski definition) is 4. The van der Waals surface area contributed by atoms with E-state index >= 15 is 0 Å². The van der Waals surface area contributed by atoms with Crippen LogP contribution in [0.1, 0.15) is 60.5 Å². The minimum Gasteiger partial charge on any atom is -0.354 e. The van der Waals surface area contributed by atoms with Crippen molar-refractivity contribution >= 4 is 17.3 Å². The summed E-state index contributed by atoms with van der Waals surface area (Å²) >= 11 is 1.77. The van der Waals surface area contributed by atoms with Crippen LogP contribution in [0.2, 0.25) is 0 Å². The second-order valence-corrected chi connectivity index (χ2v) is 8.70. The van der Waals surface area contributed by atoms with Crippen molar-refractivity contribution < 1.29 is 0 Å². The quantitative estimate of drug-likeness (QED) is 0.637. The largest absolute Gasteiger partial charge is 0.354 e. The fraction of sp³-hybridized carbons (Fsp3) is 0.789. The van der Waals surface area contributed by atoms with Crippen LogP contribution in [-0.4, -0.2) is 48.1 Å². The summed E-state index contributed by atoms with van der Waals surface area (Å²) in [5.74, 6) is 0.918. The molecule has 2 fully saturated rings. The van der Waals surface area contributed by atoms with Crippen molar-refractivity contribution in [2.75, 3.05) is 20.1 Å². The van der Waals surface area contributed by atoms with Crippen molar-refractivity contribution in [3.05, 3.63) is 15.6 Å². The molecule has 6 heteroatoms. The van der Waals surface area contributed by atoms with E-state index in [4.69, 9.17) is 0 Å². The second kappa shape index (κ2) is 8.99. The van der Waals surface area contributed by atoms with E-state index in [9.17, 15) is 0 Å². The molecule has 2 heterocycles. The fourth-order valence-corrected chi connectivity index (χ4v) is 5.02. The van der Waals surface area contributed by atoms with Gasteiger partial charge in [-0.15, -0.1) is 11.3 Å². The van der Waals surface area contributed by atoms with E-state index in [-0.39, 0.29) is 0 Å². The molecule has 2 N–H and O–H groups in total. The van der Waals surface area contributed by atoms with Crippen LogP contribution in [0.4, 0.5) is 0 Å². The lowest BCUT2D eigenvalue weighted by Gasteiger charge is -2.39. The van der Waals surface area contributed by atoms with E-state index < -0.39 is 0 Å². The van der Waals surface area contributed by atoms with Gasteiger partial charge in [-0.05, 0) is 39.5 Å². The van der Waals surface area contributed by atoms with Crippen molar-refractivity contribution in [2.24, 2.45) is 4.99 Å². The van der Waals surface area contributed by atoms with Crippen LogP contribution < -0.4 is 10.6 Å². The molecule has 1 aromatic rings. The van der Waals surface area contributed by atoms with Gasteiger partial charge in [0.2, 0.25) is 0 Å². The molecule has 2 aliphatic rings. The molecular weight excluding hydrogens is 330 g/mol. The maximum atomic E-state index is 4.50. The molecule has 1 saturated carbocycles. The number of nitrogens with one attached hydrogen (secondary N) is 2. The first-order chi connectivity index (χ1) is 12.2. The molecule has 1 aliphatic carbocycles. The summed E-state index contributed by atoms with van der Waals surface area (Å²) in [7, 11) is 1.86. The van der Waals surface area contributed by atoms with Gasteiger partial charge in [0.1, 0.15) is 0 Å². The van der Waals surface area contributed by atoms with Gasteiger partial charge in [-0.2, -0.15) is 0 Å². The lowest BCUT2D eigenvalue weighted by molar-refractivity contribution is 0.119. The third kappa shape index (κ3) is 5.17. The minimum atomic E-state index is 0.537. The summed E-state index contributed by atoms with van der Waals surface area (Å²) in [4.78, 5) is 12.9. The van der Waals surface area contributed by atoms with E-state index in [1.807, 2.05) is 7.05 Å². The molecule has 0 unspecified atom stereocenters. The molecule has 1 aliphatic heterocycles. The van der Waals surface area contributed by atoms with E-state index in [2.05, 4.69) is 39.4 Å². The van der Waals surface area contributed by atoms with Gasteiger partial charge >= 0.3 is 0 Å². The highest BCUT2D eigenvalue weighted by atomic mass is 32.1. The van der Waals surface area contributed by atoms with Gasteiger partial charge in [-0.1, -0.05) is 19.3 Å². The Bertz CT molecular complexity index is 568. The number of thiazole rings is 1. The molecule has 25 heavy (non-hydrogen) atoms. The van der Waals surface area contributed by atoms with Crippen LogP contribution in [0, 0.1) is 13.8 Å². The Kier molecular flexibility index (Phi) is 6.70. The van der Waals surface area contributed by atoms with Crippen LogP contribution in [-0.2, 0) is 6.54 Å². The Morgan fingerprint density at radius 3 is 2.48 bits per heavy atom. The zero-order valence-electron chi connectivity index (χ0n) is 16.0. The molecule has 0 amide bonds. The third-order valence-corrected chi connectivity index (χ3v) is 6.67. The number of nitrogens with zero attached hydrogens (tertiary/aromatic N) is 3. The predicted octanol–water partition coefficient (Wildman–Crippen LogP) is 3.22. The molecule has 0 radical (unpaired) electrons. The molecule has 3 rings (SSSR count). The molecule has 1 saturated heterocycles. The van der Waals surface area contributed by atoms with Gasteiger partial charge in [0.05, 0.1) is 17.2 Å². The van der Waals surface area contributed by atoms with Crippen LogP contribution in [0.5, 0.6) is 0 Å². The average Bonchev–Trinajstić information content (AvgIpc) is 2.97. The minimum absolute atomic E-state index is 0.537. The van der Waals surface area contributed by atoms with Gasteiger partial charge < -0.3 is 15.5 Å². The van der Waals surface area contributed by atoms with Gasteiger partial charge in [-0.3, -0.25) is 4.99 Å². The second-order valence-electron chi connectivity index (χ2n) is 7.41. The monoisotopic (exact) mass is 363 g/mol. The highest BCUT2D eigenvalue weighted by Crippen LogP contribution is 2.25. The molecule has 0 aromatic carbocycles. The number of piperidine rings is 1. The van der Waals surface area contributed by atoms with Crippen molar-refractivity contribution in [1.29, 1.82) is 0 Å². The van der Waals surface area contributed by atoms with Gasteiger partial charge in [-0.25, -0.2) is 4.98 Å². The molecule has 5 nitrogen and oxygen atoms in total. The van der Waals surface area contributed by atoms with Gasteiger partial charge in [0.25, 0.3) is 0 Å². The lowest BCUT2D eigenvalue weighted by Crippen LogP contribution is -2.50. The first kappa shape index (κ1) is 18.6. The van der Waals surface area contributed by atoms with Crippen LogP contribution >= 0.6 is 11.3 Å². The summed E-state index contributed by atoms with van der Waals surface area (Å²) in [6.07, 6.45) is 9.55. The van der Waals surface area contributed by atoms with Crippen LogP contribution in [0.3, 0.4) is 0 Å². The molecular formula is C19H33N5S. The Labute approximate surface area is 156 Å². The lowest BCUT2D eigenvalue weighted by atomic mass is 9.92. The summed E-state index contributed by atoms with van der Waals surface area (Å²) in [5, 5.41) is 8.21. The summed E-state index contributed by atoms with van der Waals surface area (Å²) < 4.78 is 0. The van der Waals surface area contributed by atoms with Gasteiger partial charge in [0.15, 0.2) is 5.96 Å². The van der Waals surface area contributed by atoms with Crippen LogP contribution in [0.25, 0.3) is 0 Å². The zero-order valence-corrected chi connectivity index (χ0v) is 16.8. The molecule has 140 valence electrons. The van der Waals surface area contributed by atoms with Crippen LogP contribution in [0.15, 0.2) is 4.99 Å². The summed E-state index contributed by atoms with van der Waals surface area (Å²) in [6.45, 7) is 7.41. The van der Waals surface area contributed by atoms with Gasteiger partial charge in [0, 0.05) is 37.1 Å². The maximum Gasteiger partial charge on any atom is 0.191 e. The number of aryl methyl sites for hydroxylation is 2. The molecule has 0 atom stereocenters. The Balaban J connectivity index is 1.43. The number of rotatable bonds is 4. The van der Waals surface area contributed by atoms with Crippen molar-refractivity contribution in [3.63, 3.8) is 0 Å². The number of aliphatic imine (C=N–C) groups is 1. The predicted molar refractivity (Wildman–Crippen MR) is 106 cm³/mol. The van der Waals surface area contributed by atoms with Crippen molar-refractivity contribution in [1.82, 2.24) is 20.5 Å². The molecule has 1 aromatic heterocycles. The van der Waals surface area contributed by atoms with E-state index in [1.54, 1.807) is 11.3 Å². The molecule has 0 spiro atoms. The van der Waals surface area contributed by atoms with Crippen molar-refractivity contribution in [2.45, 2.75) is 77.4 Å². The summed E-state index contributed by atoms with van der Waals surface area (Å²) in [6, 6.07) is 1.39. The first-order valence-electron chi connectivity index (χ1n) is 9.80. The Morgan fingerprint density at radius 1 is 1.16 bits per heavy atom. The van der Waals surface area contributed by atoms with Crippen molar-refractivity contribution in [3.8, 4) is 0 Å². The summed E-state index contributed by atoms with van der Waals surface area (Å²) in [5.41, 5.74) is 1.13. The third-order valence-electron chi connectivity index (χ3n) is 5.60. The highest BCUT2D eigenvalue weighted by Gasteiger charge is 2.26. The normalized spacial score (nSPS) is 21.5. The number of hydrogen-bond donors (Lipinski definition) is 2. The Morgan fingerprint density at radius 2 is 1.88 bits per heavy atom. The maximum absolute atomic E-state index is 4.50. The smallest absolute Gasteiger partial charge is 0.191 e. The van der Waals surface area contributed by atoms with E-state index in [1.165, 1.54) is 62.9 Å². The number of aromatic nitrogens is 1. The standard InChI is InChI=1S/C19H33N5S/c1-14-18(25-15(2)22-14)13-21-19(20-3)23-16-9-11-24(12-10-16)17-7-5-4-6-8-17/h16-17H,4-13H2,1-3H3,(H2,20,21,23).